The molecule has 1 N–H and O–H groups in total. The number of nitrogens with one attached hydrogen (secondary N) is 1. The lowest BCUT2D eigenvalue weighted by molar-refractivity contribution is -0.123. The summed E-state index contributed by atoms with van der Waals surface area (Å²) in [6, 6.07) is 5.83. The smallest absolute Gasteiger partial charge is 0.277 e. The monoisotopic (exact) mass is 316 g/mol. The van der Waals surface area contributed by atoms with Crippen molar-refractivity contribution in [3.8, 4) is 5.75 Å². The Kier molecular flexibility index (Phi) is 5.19. The van der Waals surface area contributed by atoms with Crippen molar-refractivity contribution in [2.75, 3.05) is 6.61 Å². The average Bonchev–Trinajstić information content (AvgIpc) is 2.42. The molecule has 0 unspecified atom stereocenters. The maximum Gasteiger partial charge on any atom is 0.277 e. The SMILES string of the molecule is Cc1cccc(C)c1OCC(=O)N/N=C1\CC(=O)CC(C)(C)C1. The molecule has 0 heterocycles. The predicted molar refractivity (Wildman–Crippen MR) is 89.6 cm³/mol. The topological polar surface area (TPSA) is 67.8 Å². The van der Waals surface area contributed by atoms with E-state index in [2.05, 4.69) is 10.5 Å². The van der Waals surface area contributed by atoms with Gasteiger partial charge in [-0.15, -0.1) is 0 Å². The summed E-state index contributed by atoms with van der Waals surface area (Å²) in [5, 5.41) is 4.10. The van der Waals surface area contributed by atoms with Crippen LogP contribution >= 0.6 is 0 Å². The molecular weight excluding hydrogens is 292 g/mol. The molecule has 1 aromatic carbocycles. The third kappa shape index (κ3) is 4.91. The summed E-state index contributed by atoms with van der Waals surface area (Å²) in [6.07, 6.45) is 1.61. The van der Waals surface area contributed by atoms with Crippen LogP contribution in [0.4, 0.5) is 0 Å². The summed E-state index contributed by atoms with van der Waals surface area (Å²) in [6.45, 7) is 7.85. The molecule has 0 spiro atoms. The molecule has 0 atom stereocenters. The lowest BCUT2D eigenvalue weighted by atomic mass is 9.76. The number of nitrogens with zero attached hydrogens (tertiary/aromatic N) is 1. The van der Waals surface area contributed by atoms with Crippen molar-refractivity contribution in [3.05, 3.63) is 29.3 Å². The van der Waals surface area contributed by atoms with E-state index in [4.69, 9.17) is 4.74 Å². The van der Waals surface area contributed by atoms with Crippen LogP contribution in [0.25, 0.3) is 0 Å². The van der Waals surface area contributed by atoms with Gasteiger partial charge in [0.25, 0.3) is 5.91 Å². The van der Waals surface area contributed by atoms with Crippen LogP contribution in [-0.2, 0) is 9.59 Å². The van der Waals surface area contributed by atoms with Crippen molar-refractivity contribution < 1.29 is 14.3 Å². The largest absolute Gasteiger partial charge is 0.483 e. The molecule has 5 heteroatoms. The Labute approximate surface area is 137 Å². The number of benzene rings is 1. The number of hydrazone groups is 1. The zero-order chi connectivity index (χ0) is 17.0. The Hall–Kier alpha value is -2.17. The fourth-order valence-electron chi connectivity index (χ4n) is 2.92. The molecule has 1 fully saturated rings. The molecule has 1 amide bonds. The number of para-hydroxylation sites is 1. The van der Waals surface area contributed by atoms with Crippen molar-refractivity contribution in [1.29, 1.82) is 0 Å². The fourth-order valence-corrected chi connectivity index (χ4v) is 2.92. The second-order valence-corrected chi connectivity index (χ2v) is 6.96. The Balaban J connectivity index is 1.90. The molecule has 0 aliphatic heterocycles. The maximum absolute atomic E-state index is 11.9. The van der Waals surface area contributed by atoms with Crippen LogP contribution in [0.3, 0.4) is 0 Å². The van der Waals surface area contributed by atoms with E-state index in [1.807, 2.05) is 45.9 Å². The summed E-state index contributed by atoms with van der Waals surface area (Å²) < 4.78 is 5.58. The summed E-state index contributed by atoms with van der Waals surface area (Å²) in [4.78, 5) is 23.6. The van der Waals surface area contributed by atoms with Crippen LogP contribution in [0.2, 0.25) is 0 Å². The van der Waals surface area contributed by atoms with Crippen molar-refractivity contribution >= 4 is 17.4 Å². The molecule has 1 aliphatic carbocycles. The van der Waals surface area contributed by atoms with E-state index in [1.165, 1.54) is 0 Å². The third-order valence-electron chi connectivity index (χ3n) is 3.85. The molecule has 1 aromatic rings. The van der Waals surface area contributed by atoms with Crippen LogP contribution in [0.15, 0.2) is 23.3 Å². The zero-order valence-electron chi connectivity index (χ0n) is 14.2. The molecule has 0 saturated heterocycles. The summed E-state index contributed by atoms with van der Waals surface area (Å²) >= 11 is 0. The van der Waals surface area contributed by atoms with Gasteiger partial charge >= 0.3 is 0 Å². The van der Waals surface area contributed by atoms with Crippen LogP contribution in [0.1, 0.15) is 44.2 Å². The first kappa shape index (κ1) is 17.2. The van der Waals surface area contributed by atoms with E-state index >= 15 is 0 Å². The summed E-state index contributed by atoms with van der Waals surface area (Å²) in [5.74, 6) is 0.571. The number of ether oxygens (including phenoxy) is 1. The highest BCUT2D eigenvalue weighted by molar-refractivity contribution is 6.05. The highest BCUT2D eigenvalue weighted by Crippen LogP contribution is 2.31. The van der Waals surface area contributed by atoms with E-state index < -0.39 is 0 Å². The first-order chi connectivity index (χ1) is 10.8. The van der Waals surface area contributed by atoms with Gasteiger partial charge in [0.1, 0.15) is 11.5 Å². The number of rotatable bonds is 4. The number of carbonyl (C=O) groups is 2. The zero-order valence-corrected chi connectivity index (χ0v) is 14.2. The fraction of sp³-hybridized carbons (Fsp3) is 0.500. The highest BCUT2D eigenvalue weighted by Gasteiger charge is 2.30. The summed E-state index contributed by atoms with van der Waals surface area (Å²) in [7, 11) is 0. The van der Waals surface area contributed by atoms with Crippen molar-refractivity contribution in [2.24, 2.45) is 10.5 Å². The van der Waals surface area contributed by atoms with Gasteiger partial charge < -0.3 is 4.74 Å². The quantitative estimate of drug-likeness (QED) is 0.868. The maximum atomic E-state index is 11.9. The third-order valence-corrected chi connectivity index (χ3v) is 3.85. The van der Waals surface area contributed by atoms with Gasteiger partial charge in [0.15, 0.2) is 6.61 Å². The highest BCUT2D eigenvalue weighted by atomic mass is 16.5. The molecule has 1 aliphatic rings. The second-order valence-electron chi connectivity index (χ2n) is 6.96. The minimum absolute atomic E-state index is 0.0896. The van der Waals surface area contributed by atoms with Gasteiger partial charge in [-0.25, -0.2) is 5.43 Å². The standard InChI is InChI=1S/C18H24N2O3/c1-12-6-5-7-13(2)17(12)23-11-16(22)20-19-14-8-15(21)10-18(3,4)9-14/h5-7H,8-11H2,1-4H3,(H,20,22)/b19-14+. The molecule has 0 radical (unpaired) electrons. The molecule has 0 aromatic heterocycles. The first-order valence-electron chi connectivity index (χ1n) is 7.82. The number of carbonyl (C=O) groups excluding carboxylic acids is 2. The van der Waals surface area contributed by atoms with Gasteiger partial charge in [-0.3, -0.25) is 9.59 Å². The van der Waals surface area contributed by atoms with Gasteiger partial charge in [-0.2, -0.15) is 5.10 Å². The lowest BCUT2D eigenvalue weighted by Crippen LogP contribution is -2.32. The van der Waals surface area contributed by atoms with Crippen molar-refractivity contribution in [3.63, 3.8) is 0 Å². The van der Waals surface area contributed by atoms with Gasteiger partial charge in [0, 0.05) is 18.6 Å². The number of hydrogen-bond donors (Lipinski definition) is 1. The minimum atomic E-state index is -0.323. The second kappa shape index (κ2) is 6.94. The summed E-state index contributed by atoms with van der Waals surface area (Å²) in [5.41, 5.74) is 5.11. The molecular formula is C18H24N2O3. The predicted octanol–water partition coefficient (Wildman–Crippen LogP) is 2.93. The average molecular weight is 316 g/mol. The van der Waals surface area contributed by atoms with Crippen LogP contribution in [0, 0.1) is 19.3 Å². The van der Waals surface area contributed by atoms with Crippen LogP contribution in [0.5, 0.6) is 5.75 Å². The van der Waals surface area contributed by atoms with E-state index in [-0.39, 0.29) is 23.7 Å². The van der Waals surface area contributed by atoms with Crippen molar-refractivity contribution in [1.82, 2.24) is 5.43 Å². The van der Waals surface area contributed by atoms with Gasteiger partial charge in [-0.1, -0.05) is 32.0 Å². The van der Waals surface area contributed by atoms with E-state index in [0.717, 1.165) is 29.0 Å². The Morgan fingerprint density at radius 2 is 1.91 bits per heavy atom. The van der Waals surface area contributed by atoms with Gasteiger partial charge in [0.05, 0.1) is 0 Å². The van der Waals surface area contributed by atoms with E-state index in [0.29, 0.717) is 12.8 Å². The number of ketones is 1. The molecule has 0 bridgehead atoms. The molecule has 5 nitrogen and oxygen atoms in total. The number of Topliss-reactive ketones (excluding diaryl/α,β-unsaturated/α-hetero) is 1. The molecule has 124 valence electrons. The van der Waals surface area contributed by atoms with Gasteiger partial charge in [0.2, 0.25) is 0 Å². The molecule has 2 rings (SSSR count). The Morgan fingerprint density at radius 1 is 1.26 bits per heavy atom. The van der Waals surface area contributed by atoms with Crippen molar-refractivity contribution in [2.45, 2.75) is 47.0 Å². The van der Waals surface area contributed by atoms with Crippen LogP contribution < -0.4 is 10.2 Å². The minimum Gasteiger partial charge on any atom is -0.483 e. The lowest BCUT2D eigenvalue weighted by Gasteiger charge is -2.28. The van der Waals surface area contributed by atoms with Gasteiger partial charge in [-0.05, 0) is 36.8 Å². The van der Waals surface area contributed by atoms with E-state index in [9.17, 15) is 9.59 Å². The normalized spacial score (nSPS) is 18.8. The number of aryl methyl sites for hydroxylation is 2. The van der Waals surface area contributed by atoms with E-state index in [1.54, 1.807) is 0 Å². The number of amides is 1. The Bertz CT molecular complexity index is 627. The number of hydrogen-bond acceptors (Lipinski definition) is 4. The first-order valence-corrected chi connectivity index (χ1v) is 7.82. The van der Waals surface area contributed by atoms with Crippen LogP contribution in [-0.4, -0.2) is 24.0 Å². The molecule has 23 heavy (non-hydrogen) atoms. The Morgan fingerprint density at radius 3 is 2.52 bits per heavy atom. The molecule has 1 saturated carbocycles.